The van der Waals surface area contributed by atoms with E-state index >= 15 is 0 Å². The molecule has 2 aliphatic heterocycles. The number of phosphoric ester groups is 1. The summed E-state index contributed by atoms with van der Waals surface area (Å²) < 4.78 is 51.2. The standard InChI is InChI=1S/C12H17ClN3O12P3/c1-3-12(6-25-30(21,22)28-31(23,24)27-29(18,19)20)10(17)9(13)11(26-12)16-5-4-8(14)15-7(16)2/h1,4-5,9-11,17H,2,6H2,(H2,14,15)(H,21,22)(H,23,24)(H2,18,19,20)/t9-,10+,11-,12-/m1/s1. The van der Waals surface area contributed by atoms with E-state index in [-0.39, 0.29) is 11.7 Å². The van der Waals surface area contributed by atoms with Gasteiger partial charge in [-0.2, -0.15) is 8.62 Å². The zero-order valence-electron chi connectivity index (χ0n) is 15.2. The number of alkyl halides is 1. The van der Waals surface area contributed by atoms with Crippen molar-refractivity contribution < 1.29 is 56.3 Å². The van der Waals surface area contributed by atoms with Gasteiger partial charge in [-0.25, -0.2) is 18.7 Å². The predicted octanol–water partition coefficient (Wildman–Crippen LogP) is -0.316. The van der Waals surface area contributed by atoms with E-state index in [1.54, 1.807) is 0 Å². The van der Waals surface area contributed by atoms with Crippen LogP contribution in [0.25, 0.3) is 0 Å². The number of hydrogen-bond acceptors (Lipinski definition) is 11. The lowest BCUT2D eigenvalue weighted by molar-refractivity contribution is -0.0965. The van der Waals surface area contributed by atoms with E-state index in [0.29, 0.717) is 0 Å². The van der Waals surface area contributed by atoms with Crippen molar-refractivity contribution in [1.29, 1.82) is 0 Å². The molecular formula is C12H17ClN3O12P3. The smallest absolute Gasteiger partial charge is 0.387 e. The van der Waals surface area contributed by atoms with Gasteiger partial charge in [0.25, 0.3) is 0 Å². The van der Waals surface area contributed by atoms with Gasteiger partial charge in [-0.1, -0.05) is 12.5 Å². The van der Waals surface area contributed by atoms with Crippen LogP contribution in [-0.4, -0.2) is 65.3 Å². The summed E-state index contributed by atoms with van der Waals surface area (Å²) in [5.41, 5.74) is 3.37. The fraction of sp³-hybridized carbons (Fsp3) is 0.417. The number of ether oxygens (including phenoxy) is 1. The van der Waals surface area contributed by atoms with Gasteiger partial charge in [-0.05, 0) is 6.08 Å². The van der Waals surface area contributed by atoms with E-state index in [0.717, 1.165) is 0 Å². The SMILES string of the molecule is C#C[C@]1(COP(=O)(O)OP(=O)(O)OP(=O)(O)O)O[C@@H](N2C=CC(N)=NC2=C)[C@H](Cl)[C@@H]1O. The molecule has 1 saturated heterocycles. The van der Waals surface area contributed by atoms with Crippen molar-refractivity contribution in [3.05, 3.63) is 24.7 Å². The van der Waals surface area contributed by atoms with Crippen LogP contribution in [-0.2, 0) is 31.6 Å². The number of aliphatic hydroxyl groups is 1. The highest BCUT2D eigenvalue weighted by atomic mass is 35.5. The van der Waals surface area contributed by atoms with Crippen LogP contribution in [0.5, 0.6) is 0 Å². The first kappa shape index (κ1) is 26.2. The number of rotatable bonds is 8. The lowest BCUT2D eigenvalue weighted by Gasteiger charge is -2.31. The van der Waals surface area contributed by atoms with E-state index in [1.807, 2.05) is 5.92 Å². The van der Waals surface area contributed by atoms with Gasteiger partial charge in [0, 0.05) is 6.20 Å². The van der Waals surface area contributed by atoms with Gasteiger partial charge in [0.15, 0.2) is 11.8 Å². The molecule has 2 heterocycles. The van der Waals surface area contributed by atoms with Crippen LogP contribution in [0.15, 0.2) is 29.7 Å². The minimum atomic E-state index is -5.74. The molecular weight excluding hydrogens is 507 g/mol. The number of hydrogen-bond donors (Lipinski definition) is 6. The van der Waals surface area contributed by atoms with E-state index in [9.17, 15) is 28.6 Å². The van der Waals surface area contributed by atoms with Crippen molar-refractivity contribution in [2.75, 3.05) is 6.61 Å². The minimum absolute atomic E-state index is 0.0727. The number of phosphoric acid groups is 3. The third-order valence-electron chi connectivity index (χ3n) is 3.72. The highest BCUT2D eigenvalue weighted by molar-refractivity contribution is 7.66. The molecule has 0 spiro atoms. The monoisotopic (exact) mass is 523 g/mol. The molecule has 0 aliphatic carbocycles. The number of amidine groups is 1. The molecule has 0 saturated carbocycles. The molecule has 174 valence electrons. The molecule has 0 radical (unpaired) electrons. The second kappa shape index (κ2) is 9.05. The van der Waals surface area contributed by atoms with Gasteiger partial charge in [0.1, 0.15) is 29.7 Å². The lowest BCUT2D eigenvalue weighted by atomic mass is 9.98. The predicted molar refractivity (Wildman–Crippen MR) is 104 cm³/mol. The number of nitrogens with two attached hydrogens (primary N) is 1. The summed E-state index contributed by atoms with van der Waals surface area (Å²) in [4.78, 5) is 41.0. The molecule has 6 atom stereocenters. The average molecular weight is 524 g/mol. The normalized spacial score (nSPS) is 32.8. The molecule has 0 aromatic heterocycles. The van der Waals surface area contributed by atoms with Crippen molar-refractivity contribution in [2.24, 2.45) is 10.7 Å². The number of aliphatic imine (C=N–C) groups is 1. The van der Waals surface area contributed by atoms with E-state index in [2.05, 4.69) is 24.7 Å². The number of halogens is 1. The van der Waals surface area contributed by atoms with E-state index < -0.39 is 53.4 Å². The van der Waals surface area contributed by atoms with Gasteiger partial charge in [-0.15, -0.1) is 18.0 Å². The van der Waals surface area contributed by atoms with Crippen LogP contribution in [0.2, 0.25) is 0 Å². The van der Waals surface area contributed by atoms with Crippen molar-refractivity contribution in [3.63, 3.8) is 0 Å². The van der Waals surface area contributed by atoms with Gasteiger partial charge < -0.3 is 40.1 Å². The fourth-order valence-electron chi connectivity index (χ4n) is 2.45. The third kappa shape index (κ3) is 6.47. The van der Waals surface area contributed by atoms with Crippen LogP contribution in [0.3, 0.4) is 0 Å². The number of terminal acetylenes is 1. The van der Waals surface area contributed by atoms with Crippen LogP contribution in [0.4, 0.5) is 0 Å². The zero-order chi connectivity index (χ0) is 23.8. The largest absolute Gasteiger partial charge is 0.490 e. The van der Waals surface area contributed by atoms with Gasteiger partial charge in [-0.3, -0.25) is 4.52 Å². The summed E-state index contributed by atoms with van der Waals surface area (Å²) in [6, 6.07) is 0. The molecule has 0 aromatic rings. The quantitative estimate of drug-likeness (QED) is 0.136. The van der Waals surface area contributed by atoms with Crippen LogP contribution in [0.1, 0.15) is 0 Å². The molecule has 19 heteroatoms. The van der Waals surface area contributed by atoms with Crippen LogP contribution < -0.4 is 5.73 Å². The summed E-state index contributed by atoms with van der Waals surface area (Å²) >= 11 is 6.18. The van der Waals surface area contributed by atoms with Gasteiger partial charge in [0.05, 0.1) is 0 Å². The molecule has 0 aromatic carbocycles. The van der Waals surface area contributed by atoms with E-state index in [1.165, 1.54) is 17.2 Å². The Morgan fingerprint density at radius 3 is 2.45 bits per heavy atom. The van der Waals surface area contributed by atoms with Crippen molar-refractivity contribution in [2.45, 2.75) is 23.3 Å². The Kier molecular flexibility index (Phi) is 7.65. The third-order valence-corrected chi connectivity index (χ3v) is 7.96. The molecule has 2 rings (SSSR count). The zero-order valence-corrected chi connectivity index (χ0v) is 18.6. The first-order chi connectivity index (χ1) is 14.0. The maximum absolute atomic E-state index is 11.9. The van der Waals surface area contributed by atoms with Crippen molar-refractivity contribution in [3.8, 4) is 12.3 Å². The molecule has 2 unspecified atom stereocenters. The minimum Gasteiger partial charge on any atom is -0.387 e. The topological polar surface area (TPSA) is 231 Å². The van der Waals surface area contributed by atoms with Crippen LogP contribution >= 0.6 is 35.1 Å². The fourth-order valence-corrected chi connectivity index (χ4v) is 5.88. The highest BCUT2D eigenvalue weighted by Gasteiger charge is 2.56. The van der Waals surface area contributed by atoms with Crippen molar-refractivity contribution >= 4 is 40.9 Å². The summed E-state index contributed by atoms with van der Waals surface area (Å²) in [6.07, 6.45) is 5.23. The molecule has 1 fully saturated rings. The summed E-state index contributed by atoms with van der Waals surface area (Å²) in [5.74, 6) is 2.23. The second-order valence-corrected chi connectivity index (χ2v) is 10.9. The molecule has 2 aliphatic rings. The molecule has 0 bridgehead atoms. The van der Waals surface area contributed by atoms with Crippen LogP contribution in [0, 0.1) is 12.3 Å². The number of nitrogens with zero attached hydrogens (tertiary/aromatic N) is 2. The first-order valence-electron chi connectivity index (χ1n) is 7.76. The maximum Gasteiger partial charge on any atom is 0.490 e. The summed E-state index contributed by atoms with van der Waals surface area (Å²) in [7, 11) is -16.8. The average Bonchev–Trinajstić information content (AvgIpc) is 2.82. The number of aliphatic hydroxyl groups excluding tert-OH is 1. The van der Waals surface area contributed by atoms with Crippen molar-refractivity contribution in [1.82, 2.24) is 4.90 Å². The Bertz CT molecular complexity index is 991. The lowest BCUT2D eigenvalue weighted by Crippen LogP contribution is -2.44. The molecule has 31 heavy (non-hydrogen) atoms. The Balaban J connectivity index is 2.16. The summed E-state index contributed by atoms with van der Waals surface area (Å²) in [6.45, 7) is 2.53. The van der Waals surface area contributed by atoms with Gasteiger partial charge in [0.2, 0.25) is 0 Å². The molecule has 0 amide bonds. The summed E-state index contributed by atoms with van der Waals surface area (Å²) in [5, 5.41) is 9.21. The second-order valence-electron chi connectivity index (χ2n) is 5.97. The highest BCUT2D eigenvalue weighted by Crippen LogP contribution is 2.66. The molecule has 15 nitrogen and oxygen atoms in total. The maximum atomic E-state index is 11.9. The Hall–Kier alpha value is -1.07. The Labute approximate surface area is 180 Å². The Morgan fingerprint density at radius 1 is 1.32 bits per heavy atom. The Morgan fingerprint density at radius 2 is 1.94 bits per heavy atom. The van der Waals surface area contributed by atoms with E-state index in [4.69, 9.17) is 38.3 Å². The first-order valence-corrected chi connectivity index (χ1v) is 12.7. The van der Waals surface area contributed by atoms with Gasteiger partial charge >= 0.3 is 23.5 Å². The molecule has 7 N–H and O–H groups in total.